The predicted octanol–water partition coefficient (Wildman–Crippen LogP) is 4.35. The molecule has 0 aliphatic heterocycles. The van der Waals surface area contributed by atoms with Crippen LogP contribution in [0.5, 0.6) is 11.5 Å². The normalized spacial score (nSPS) is 11.2. The van der Waals surface area contributed by atoms with Crippen LogP contribution in [0.4, 0.5) is 11.4 Å². The summed E-state index contributed by atoms with van der Waals surface area (Å²) in [6, 6.07) is 22.9. The van der Waals surface area contributed by atoms with Crippen LogP contribution in [-0.4, -0.2) is 25.0 Å². The van der Waals surface area contributed by atoms with E-state index in [9.17, 15) is 9.59 Å². The minimum atomic E-state index is -0.717. The number of hydrogen-bond acceptors (Lipinski definition) is 4. The van der Waals surface area contributed by atoms with Crippen LogP contribution in [0.3, 0.4) is 0 Å². The highest BCUT2D eigenvalue weighted by molar-refractivity contribution is 6.05. The highest BCUT2D eigenvalue weighted by Gasteiger charge is 2.16. The van der Waals surface area contributed by atoms with Gasteiger partial charge in [0, 0.05) is 16.9 Å². The number of benzene rings is 3. The van der Waals surface area contributed by atoms with Gasteiger partial charge < -0.3 is 20.1 Å². The van der Waals surface area contributed by atoms with Crippen LogP contribution in [0.2, 0.25) is 0 Å². The summed E-state index contributed by atoms with van der Waals surface area (Å²) < 4.78 is 10.8. The fourth-order valence-corrected chi connectivity index (χ4v) is 2.62. The van der Waals surface area contributed by atoms with E-state index in [0.29, 0.717) is 28.4 Å². The van der Waals surface area contributed by atoms with Gasteiger partial charge in [-0.25, -0.2) is 0 Å². The number of amides is 2. The molecule has 1 unspecified atom stereocenters. The van der Waals surface area contributed by atoms with Crippen LogP contribution in [0.1, 0.15) is 17.3 Å². The Hall–Kier alpha value is -3.80. The van der Waals surface area contributed by atoms with Gasteiger partial charge in [-0.2, -0.15) is 0 Å². The summed E-state index contributed by atoms with van der Waals surface area (Å²) in [4.78, 5) is 24.9. The molecular formula is C23H22N2O4. The Morgan fingerprint density at radius 2 is 1.45 bits per heavy atom. The van der Waals surface area contributed by atoms with E-state index in [1.807, 2.05) is 30.3 Å². The zero-order valence-corrected chi connectivity index (χ0v) is 16.2. The monoisotopic (exact) mass is 390 g/mol. The second kappa shape index (κ2) is 9.41. The second-order valence-electron chi connectivity index (χ2n) is 6.33. The molecular weight excluding hydrogens is 368 g/mol. The molecule has 0 aromatic heterocycles. The van der Waals surface area contributed by atoms with Crippen molar-refractivity contribution in [2.24, 2.45) is 0 Å². The fraction of sp³-hybridized carbons (Fsp3) is 0.130. The van der Waals surface area contributed by atoms with Gasteiger partial charge >= 0.3 is 0 Å². The van der Waals surface area contributed by atoms with Gasteiger partial charge in [-0.05, 0) is 61.5 Å². The van der Waals surface area contributed by atoms with Crippen molar-refractivity contribution in [1.82, 2.24) is 0 Å². The van der Waals surface area contributed by atoms with E-state index in [2.05, 4.69) is 10.6 Å². The van der Waals surface area contributed by atoms with E-state index in [4.69, 9.17) is 9.47 Å². The lowest BCUT2D eigenvalue weighted by Gasteiger charge is -2.15. The number of rotatable bonds is 7. The lowest BCUT2D eigenvalue weighted by molar-refractivity contribution is -0.122. The van der Waals surface area contributed by atoms with Crippen LogP contribution < -0.4 is 20.1 Å². The zero-order chi connectivity index (χ0) is 20.6. The Kier molecular flexibility index (Phi) is 6.47. The van der Waals surface area contributed by atoms with E-state index in [1.165, 1.54) is 0 Å². The SMILES string of the molecule is COc1ccc(OC(C)C(=O)Nc2cccc(C(=O)Nc3ccccc3)c2)cc1. The Balaban J connectivity index is 1.61. The zero-order valence-electron chi connectivity index (χ0n) is 16.2. The van der Waals surface area contributed by atoms with Gasteiger partial charge in [-0.1, -0.05) is 24.3 Å². The van der Waals surface area contributed by atoms with Crippen LogP contribution in [-0.2, 0) is 4.79 Å². The van der Waals surface area contributed by atoms with Crippen LogP contribution in [0.15, 0.2) is 78.9 Å². The van der Waals surface area contributed by atoms with Crippen molar-refractivity contribution in [2.75, 3.05) is 17.7 Å². The smallest absolute Gasteiger partial charge is 0.265 e. The van der Waals surface area contributed by atoms with E-state index in [-0.39, 0.29) is 11.8 Å². The van der Waals surface area contributed by atoms with Crippen molar-refractivity contribution < 1.29 is 19.1 Å². The van der Waals surface area contributed by atoms with Gasteiger partial charge in [0.15, 0.2) is 6.10 Å². The summed E-state index contributed by atoms with van der Waals surface area (Å²) in [5, 5.41) is 5.59. The third kappa shape index (κ3) is 5.59. The second-order valence-corrected chi connectivity index (χ2v) is 6.33. The standard InChI is InChI=1S/C23H22N2O4/c1-16(29-21-13-11-20(28-2)12-14-21)22(26)25-19-10-6-7-17(15-19)23(27)24-18-8-4-3-5-9-18/h3-16H,1-2H3,(H,24,27)(H,25,26). The molecule has 0 saturated heterocycles. The van der Waals surface area contributed by atoms with Gasteiger partial charge in [0.25, 0.3) is 11.8 Å². The summed E-state index contributed by atoms with van der Waals surface area (Å²) in [5.74, 6) is 0.695. The maximum atomic E-state index is 12.5. The number of para-hydroxylation sites is 1. The minimum absolute atomic E-state index is 0.255. The lowest BCUT2D eigenvalue weighted by Crippen LogP contribution is -2.30. The number of nitrogens with one attached hydrogen (secondary N) is 2. The third-order valence-corrected chi connectivity index (χ3v) is 4.17. The average Bonchev–Trinajstić information content (AvgIpc) is 2.75. The van der Waals surface area contributed by atoms with E-state index in [1.54, 1.807) is 62.6 Å². The number of carbonyl (C=O) groups excluding carboxylic acids is 2. The molecule has 0 bridgehead atoms. The molecule has 2 amide bonds. The first-order chi connectivity index (χ1) is 14.0. The van der Waals surface area contributed by atoms with E-state index < -0.39 is 6.10 Å². The minimum Gasteiger partial charge on any atom is -0.497 e. The highest BCUT2D eigenvalue weighted by atomic mass is 16.5. The number of ether oxygens (including phenoxy) is 2. The van der Waals surface area contributed by atoms with Gasteiger partial charge in [-0.15, -0.1) is 0 Å². The van der Waals surface area contributed by atoms with Crippen molar-refractivity contribution >= 4 is 23.2 Å². The van der Waals surface area contributed by atoms with Crippen molar-refractivity contribution in [3.05, 3.63) is 84.4 Å². The topological polar surface area (TPSA) is 76.7 Å². The summed E-state index contributed by atoms with van der Waals surface area (Å²) in [7, 11) is 1.58. The Bertz CT molecular complexity index is 972. The molecule has 2 N–H and O–H groups in total. The van der Waals surface area contributed by atoms with Crippen molar-refractivity contribution in [1.29, 1.82) is 0 Å². The predicted molar refractivity (Wildman–Crippen MR) is 113 cm³/mol. The quantitative estimate of drug-likeness (QED) is 0.629. The summed E-state index contributed by atoms with van der Waals surface area (Å²) in [5.41, 5.74) is 1.66. The maximum absolute atomic E-state index is 12.5. The molecule has 3 aromatic carbocycles. The number of hydrogen-bond donors (Lipinski definition) is 2. The molecule has 148 valence electrons. The molecule has 0 saturated carbocycles. The molecule has 0 aliphatic rings. The fourth-order valence-electron chi connectivity index (χ4n) is 2.62. The van der Waals surface area contributed by atoms with Gasteiger partial charge in [0.2, 0.25) is 0 Å². The highest BCUT2D eigenvalue weighted by Crippen LogP contribution is 2.19. The van der Waals surface area contributed by atoms with Crippen molar-refractivity contribution in [3.63, 3.8) is 0 Å². The van der Waals surface area contributed by atoms with Crippen molar-refractivity contribution in [3.8, 4) is 11.5 Å². The molecule has 0 spiro atoms. The van der Waals surface area contributed by atoms with Crippen molar-refractivity contribution in [2.45, 2.75) is 13.0 Å². The molecule has 3 aromatic rings. The summed E-state index contributed by atoms with van der Waals surface area (Å²) in [6.45, 7) is 1.66. The Morgan fingerprint density at radius 3 is 2.14 bits per heavy atom. The van der Waals surface area contributed by atoms with Crippen LogP contribution >= 0.6 is 0 Å². The van der Waals surface area contributed by atoms with Gasteiger partial charge in [0.1, 0.15) is 11.5 Å². The summed E-state index contributed by atoms with van der Waals surface area (Å²) in [6.07, 6.45) is -0.717. The number of methoxy groups -OCH3 is 1. The largest absolute Gasteiger partial charge is 0.497 e. The first-order valence-corrected chi connectivity index (χ1v) is 9.13. The molecule has 29 heavy (non-hydrogen) atoms. The molecule has 3 rings (SSSR count). The lowest BCUT2D eigenvalue weighted by atomic mass is 10.1. The van der Waals surface area contributed by atoms with E-state index >= 15 is 0 Å². The number of carbonyl (C=O) groups is 2. The first kappa shape index (κ1) is 19.9. The van der Waals surface area contributed by atoms with Gasteiger partial charge in [0.05, 0.1) is 7.11 Å². The number of anilines is 2. The average molecular weight is 390 g/mol. The van der Waals surface area contributed by atoms with Crippen LogP contribution in [0.25, 0.3) is 0 Å². The van der Waals surface area contributed by atoms with Gasteiger partial charge in [-0.3, -0.25) is 9.59 Å². The summed E-state index contributed by atoms with van der Waals surface area (Å²) >= 11 is 0. The Morgan fingerprint density at radius 1 is 0.793 bits per heavy atom. The molecule has 1 atom stereocenters. The van der Waals surface area contributed by atoms with E-state index in [0.717, 1.165) is 0 Å². The third-order valence-electron chi connectivity index (χ3n) is 4.17. The molecule has 0 fully saturated rings. The van der Waals surface area contributed by atoms with Crippen LogP contribution in [0, 0.1) is 0 Å². The first-order valence-electron chi connectivity index (χ1n) is 9.13. The molecule has 0 aliphatic carbocycles. The molecule has 6 nitrogen and oxygen atoms in total. The molecule has 0 radical (unpaired) electrons. The maximum Gasteiger partial charge on any atom is 0.265 e. The molecule has 0 heterocycles. The molecule has 6 heteroatoms. The Labute approximate surface area is 169 Å².